The van der Waals surface area contributed by atoms with Gasteiger partial charge >= 0.3 is 0 Å². The van der Waals surface area contributed by atoms with Gasteiger partial charge in [0.1, 0.15) is 5.03 Å². The molecule has 124 valence electrons. The van der Waals surface area contributed by atoms with Crippen LogP contribution in [0.2, 0.25) is 0 Å². The van der Waals surface area contributed by atoms with Crippen LogP contribution >= 0.6 is 23.1 Å². The summed E-state index contributed by atoms with van der Waals surface area (Å²) in [6, 6.07) is 8.42. The molecule has 24 heavy (non-hydrogen) atoms. The maximum Gasteiger partial charge on any atom is 0.236 e. The van der Waals surface area contributed by atoms with E-state index in [1.165, 1.54) is 34.2 Å². The molecule has 3 rings (SSSR count). The number of fused-ring (bicyclic) bond motifs is 1. The lowest BCUT2D eigenvalue weighted by atomic mass is 10.1. The summed E-state index contributed by atoms with van der Waals surface area (Å²) >= 11 is 2.92. The highest BCUT2D eigenvalue weighted by Crippen LogP contribution is 2.26. The summed E-state index contributed by atoms with van der Waals surface area (Å²) in [6.07, 6.45) is 0.895. The second-order valence-electron chi connectivity index (χ2n) is 5.63. The predicted molar refractivity (Wildman–Crippen MR) is 102 cm³/mol. The zero-order valence-corrected chi connectivity index (χ0v) is 15.6. The molecule has 2 aromatic heterocycles. The van der Waals surface area contributed by atoms with Crippen LogP contribution in [-0.2, 0) is 11.2 Å². The molecule has 0 atom stereocenters. The topological polar surface area (TPSA) is 54.9 Å². The van der Waals surface area contributed by atoms with E-state index in [-0.39, 0.29) is 5.91 Å². The van der Waals surface area contributed by atoms with Gasteiger partial charge in [0, 0.05) is 10.8 Å². The van der Waals surface area contributed by atoms with Crippen molar-refractivity contribution in [3.05, 3.63) is 46.5 Å². The third-order valence-electron chi connectivity index (χ3n) is 3.60. The van der Waals surface area contributed by atoms with Crippen LogP contribution in [0.1, 0.15) is 23.7 Å². The van der Waals surface area contributed by atoms with E-state index in [1.54, 1.807) is 0 Å². The normalized spacial score (nSPS) is 11.0. The molecule has 0 fully saturated rings. The molecule has 1 amide bonds. The van der Waals surface area contributed by atoms with Gasteiger partial charge < -0.3 is 5.32 Å². The number of aryl methyl sites for hydroxylation is 3. The Morgan fingerprint density at radius 1 is 1.25 bits per heavy atom. The number of rotatable bonds is 5. The van der Waals surface area contributed by atoms with Gasteiger partial charge in [-0.15, -0.1) is 11.3 Å². The third kappa shape index (κ3) is 3.94. The Labute approximate surface area is 149 Å². The summed E-state index contributed by atoms with van der Waals surface area (Å²) in [5.41, 5.74) is 4.29. The first-order valence-corrected chi connectivity index (χ1v) is 9.66. The molecule has 2 heterocycles. The van der Waals surface area contributed by atoms with Gasteiger partial charge in [-0.3, -0.25) is 4.79 Å². The molecule has 0 saturated carbocycles. The molecule has 0 saturated heterocycles. The fourth-order valence-electron chi connectivity index (χ4n) is 2.40. The Morgan fingerprint density at radius 2 is 2.08 bits per heavy atom. The summed E-state index contributed by atoms with van der Waals surface area (Å²) in [6.45, 7) is 6.11. The molecule has 4 nitrogen and oxygen atoms in total. The molecule has 0 spiro atoms. The number of carbonyl (C=O) groups is 1. The average molecular weight is 358 g/mol. The maximum atomic E-state index is 12.1. The first-order valence-electron chi connectivity index (χ1n) is 7.80. The largest absolute Gasteiger partial charge is 0.301 e. The number of thiazole rings is 1. The number of benzene rings is 1. The highest BCUT2D eigenvalue weighted by molar-refractivity contribution is 8.00. The van der Waals surface area contributed by atoms with Crippen molar-refractivity contribution in [2.24, 2.45) is 0 Å². The van der Waals surface area contributed by atoms with E-state index < -0.39 is 0 Å². The summed E-state index contributed by atoms with van der Waals surface area (Å²) in [5, 5.41) is 7.49. The Morgan fingerprint density at radius 3 is 2.79 bits per heavy atom. The number of hydrogen-bond acceptors (Lipinski definition) is 5. The lowest BCUT2D eigenvalue weighted by Gasteiger charge is -2.09. The van der Waals surface area contributed by atoms with E-state index in [0.29, 0.717) is 10.9 Å². The fourth-order valence-corrected chi connectivity index (χ4v) is 4.00. The Balaban J connectivity index is 1.74. The van der Waals surface area contributed by atoms with Crippen LogP contribution in [0.3, 0.4) is 0 Å². The van der Waals surface area contributed by atoms with Gasteiger partial charge in [0.15, 0.2) is 5.13 Å². The van der Waals surface area contributed by atoms with Crippen LogP contribution in [0, 0.1) is 13.8 Å². The number of hydrogen-bond donors (Lipinski definition) is 1. The summed E-state index contributed by atoms with van der Waals surface area (Å²) in [4.78, 5) is 21.1. The summed E-state index contributed by atoms with van der Waals surface area (Å²) < 4.78 is 0. The molecule has 0 aliphatic rings. The third-order valence-corrected chi connectivity index (χ3v) is 5.50. The monoisotopic (exact) mass is 357 g/mol. The summed E-state index contributed by atoms with van der Waals surface area (Å²) in [5.74, 6) is 0.276. The highest BCUT2D eigenvalue weighted by atomic mass is 32.2. The molecule has 1 aromatic carbocycles. The molecule has 1 N–H and O–H groups in total. The lowest BCUT2D eigenvalue weighted by Crippen LogP contribution is -2.14. The molecule has 6 heteroatoms. The highest BCUT2D eigenvalue weighted by Gasteiger charge is 2.11. The van der Waals surface area contributed by atoms with Crippen molar-refractivity contribution in [2.75, 3.05) is 11.1 Å². The SMILES string of the molecule is CCc1cc2cc(C)ccc2nc1SCC(=O)Nc1nc(C)cs1. The number of carbonyl (C=O) groups excluding carboxylic acids is 1. The van der Waals surface area contributed by atoms with Crippen molar-refractivity contribution in [3.63, 3.8) is 0 Å². The fraction of sp³-hybridized carbons (Fsp3) is 0.278. The van der Waals surface area contributed by atoms with Crippen molar-refractivity contribution in [1.82, 2.24) is 9.97 Å². The van der Waals surface area contributed by atoms with Gasteiger partial charge in [-0.05, 0) is 44.0 Å². The van der Waals surface area contributed by atoms with E-state index >= 15 is 0 Å². The van der Waals surface area contributed by atoms with E-state index in [2.05, 4.69) is 42.3 Å². The minimum Gasteiger partial charge on any atom is -0.301 e. The van der Waals surface area contributed by atoms with E-state index in [4.69, 9.17) is 4.98 Å². The van der Waals surface area contributed by atoms with Gasteiger partial charge in [0.05, 0.1) is 17.0 Å². The number of pyridine rings is 1. The van der Waals surface area contributed by atoms with Crippen LogP contribution in [0.4, 0.5) is 5.13 Å². The minimum absolute atomic E-state index is 0.0535. The van der Waals surface area contributed by atoms with E-state index in [0.717, 1.165) is 28.0 Å². The number of aromatic nitrogens is 2. The van der Waals surface area contributed by atoms with Gasteiger partial charge in [0.2, 0.25) is 5.91 Å². The molecular formula is C18H19N3OS2. The molecule has 3 aromatic rings. The minimum atomic E-state index is -0.0535. The number of thioether (sulfide) groups is 1. The quantitative estimate of drug-likeness (QED) is 0.678. The van der Waals surface area contributed by atoms with E-state index in [1.807, 2.05) is 18.4 Å². The van der Waals surface area contributed by atoms with Crippen molar-refractivity contribution in [2.45, 2.75) is 32.2 Å². The number of nitrogens with one attached hydrogen (secondary N) is 1. The zero-order chi connectivity index (χ0) is 17.1. The molecular weight excluding hydrogens is 338 g/mol. The van der Waals surface area contributed by atoms with Crippen LogP contribution in [0.5, 0.6) is 0 Å². The molecule has 0 aliphatic heterocycles. The average Bonchev–Trinajstić information content (AvgIpc) is 2.96. The molecule has 0 aliphatic carbocycles. The Hall–Kier alpha value is -1.92. The van der Waals surface area contributed by atoms with Crippen molar-refractivity contribution >= 4 is 45.0 Å². The van der Waals surface area contributed by atoms with Gasteiger partial charge in [-0.2, -0.15) is 0 Å². The van der Waals surface area contributed by atoms with Gasteiger partial charge in [-0.1, -0.05) is 30.3 Å². The number of nitrogens with zero attached hydrogens (tertiary/aromatic N) is 2. The van der Waals surface area contributed by atoms with Crippen LogP contribution in [0.25, 0.3) is 10.9 Å². The Kier molecular flexibility index (Phi) is 5.16. The molecule has 0 radical (unpaired) electrons. The van der Waals surface area contributed by atoms with Gasteiger partial charge in [-0.25, -0.2) is 9.97 Å². The van der Waals surface area contributed by atoms with Crippen LogP contribution in [0.15, 0.2) is 34.7 Å². The zero-order valence-electron chi connectivity index (χ0n) is 13.9. The summed E-state index contributed by atoms with van der Waals surface area (Å²) in [7, 11) is 0. The first-order chi connectivity index (χ1) is 11.5. The van der Waals surface area contributed by atoms with Gasteiger partial charge in [0.25, 0.3) is 0 Å². The van der Waals surface area contributed by atoms with Crippen molar-refractivity contribution < 1.29 is 4.79 Å². The standard InChI is InChI=1S/C18H19N3OS2/c1-4-13-8-14-7-11(2)5-6-15(14)20-17(13)23-10-16(22)21-18-19-12(3)9-24-18/h5-9H,4,10H2,1-3H3,(H,19,21,22). The predicted octanol–water partition coefficient (Wildman–Crippen LogP) is 4.60. The van der Waals surface area contributed by atoms with E-state index in [9.17, 15) is 4.79 Å². The second-order valence-corrected chi connectivity index (χ2v) is 7.46. The number of amides is 1. The van der Waals surface area contributed by atoms with Crippen LogP contribution in [-0.4, -0.2) is 21.6 Å². The smallest absolute Gasteiger partial charge is 0.236 e. The van der Waals surface area contributed by atoms with Crippen molar-refractivity contribution in [1.29, 1.82) is 0 Å². The number of anilines is 1. The lowest BCUT2D eigenvalue weighted by molar-refractivity contribution is -0.113. The molecule has 0 unspecified atom stereocenters. The Bertz CT molecular complexity index is 889. The molecule has 0 bridgehead atoms. The maximum absolute atomic E-state index is 12.1. The van der Waals surface area contributed by atoms with Crippen molar-refractivity contribution in [3.8, 4) is 0 Å². The second kappa shape index (κ2) is 7.32. The van der Waals surface area contributed by atoms with Crippen LogP contribution < -0.4 is 5.32 Å². The first kappa shape index (κ1) is 16.9.